The van der Waals surface area contributed by atoms with Crippen molar-refractivity contribution in [3.05, 3.63) is 66.1 Å². The number of aliphatic hydroxyl groups is 2. The number of benzene rings is 1. The Hall–Kier alpha value is -4.55. The van der Waals surface area contributed by atoms with Gasteiger partial charge in [0.05, 0.1) is 37.1 Å². The molecule has 0 radical (unpaired) electrons. The van der Waals surface area contributed by atoms with Gasteiger partial charge >= 0.3 is 0 Å². The highest BCUT2D eigenvalue weighted by Crippen LogP contribution is 2.35. The molecule has 3 aromatic heterocycles. The second kappa shape index (κ2) is 11.5. The van der Waals surface area contributed by atoms with Crippen LogP contribution in [0.3, 0.4) is 0 Å². The van der Waals surface area contributed by atoms with E-state index in [4.69, 9.17) is 15.6 Å². The number of nitrogens with zero attached hydrogens (tertiary/aromatic N) is 5. The number of aromatic nitrogens is 4. The largest absolute Gasteiger partial charge is 0.497 e. The molecule has 12 heteroatoms. The van der Waals surface area contributed by atoms with Crippen molar-refractivity contribution in [3.8, 4) is 11.4 Å². The average Bonchev–Trinajstić information content (AvgIpc) is 3.41. The lowest BCUT2D eigenvalue weighted by Crippen LogP contribution is -2.49. The number of anilines is 2. The predicted molar refractivity (Wildman–Crippen MR) is 153 cm³/mol. The van der Waals surface area contributed by atoms with E-state index in [9.17, 15) is 19.8 Å². The van der Waals surface area contributed by atoms with Crippen molar-refractivity contribution in [3.63, 3.8) is 0 Å². The number of hydrogen-bond donors (Lipinski definition) is 4. The Morgan fingerprint density at radius 1 is 1.12 bits per heavy atom. The lowest BCUT2D eigenvalue weighted by molar-refractivity contribution is -0.147. The first kappa shape index (κ1) is 28.0. The van der Waals surface area contributed by atoms with Crippen molar-refractivity contribution >= 4 is 34.4 Å². The molecule has 0 saturated carbocycles. The molecule has 4 aromatic rings. The summed E-state index contributed by atoms with van der Waals surface area (Å²) in [6, 6.07) is 12.1. The van der Waals surface area contributed by atoms with Crippen LogP contribution in [0.4, 0.5) is 11.6 Å². The lowest BCUT2D eigenvalue weighted by atomic mass is 9.87. The van der Waals surface area contributed by atoms with E-state index in [1.165, 1.54) is 0 Å². The second-order valence-electron chi connectivity index (χ2n) is 10.4. The summed E-state index contributed by atoms with van der Waals surface area (Å²) < 4.78 is 6.90. The van der Waals surface area contributed by atoms with E-state index < -0.39 is 18.6 Å². The highest BCUT2D eigenvalue weighted by molar-refractivity contribution is 6.04. The number of aliphatic hydroxyl groups excluding tert-OH is 2. The SMILES string of the molecule is COc1ccnc(NC(=O)c2ccc(-n3nc(C4CCCN(C(=O)C(C)(CO)CO)C4)c4ccnc(N)c43)cc2)c1. The Morgan fingerprint density at radius 3 is 2.56 bits per heavy atom. The first-order valence-electron chi connectivity index (χ1n) is 13.3. The molecule has 1 atom stereocenters. The van der Waals surface area contributed by atoms with Gasteiger partial charge in [-0.05, 0) is 56.2 Å². The quantitative estimate of drug-likeness (QED) is 0.253. The molecular weight excluding hydrogens is 526 g/mol. The smallest absolute Gasteiger partial charge is 0.256 e. The summed E-state index contributed by atoms with van der Waals surface area (Å²) >= 11 is 0. The summed E-state index contributed by atoms with van der Waals surface area (Å²) in [6.45, 7) is 1.63. The number of nitrogen functional groups attached to an aromatic ring is 1. The Bertz CT molecular complexity index is 1570. The molecule has 2 amide bonds. The van der Waals surface area contributed by atoms with Crippen LogP contribution >= 0.6 is 0 Å². The third kappa shape index (κ3) is 5.43. The van der Waals surface area contributed by atoms with Crippen molar-refractivity contribution in [1.82, 2.24) is 24.6 Å². The summed E-state index contributed by atoms with van der Waals surface area (Å²) in [5, 5.41) is 28.0. The fraction of sp³-hybridized carbons (Fsp3) is 0.345. The van der Waals surface area contributed by atoms with Crippen LogP contribution in [-0.2, 0) is 4.79 Å². The summed E-state index contributed by atoms with van der Waals surface area (Å²) in [6.07, 6.45) is 4.75. The molecule has 4 heterocycles. The fourth-order valence-electron chi connectivity index (χ4n) is 5.10. The minimum absolute atomic E-state index is 0.0831. The van der Waals surface area contributed by atoms with Crippen molar-refractivity contribution in [2.24, 2.45) is 5.41 Å². The van der Waals surface area contributed by atoms with Crippen LogP contribution in [0, 0.1) is 5.41 Å². The van der Waals surface area contributed by atoms with Crippen LogP contribution in [-0.4, -0.2) is 80.1 Å². The maximum absolute atomic E-state index is 13.1. The van der Waals surface area contributed by atoms with Crippen LogP contribution in [0.1, 0.15) is 41.7 Å². The molecule has 0 aliphatic carbocycles. The molecule has 41 heavy (non-hydrogen) atoms. The van der Waals surface area contributed by atoms with Crippen LogP contribution in [0.5, 0.6) is 5.75 Å². The summed E-state index contributed by atoms with van der Waals surface area (Å²) in [5.41, 5.74) is 7.62. The Balaban J connectivity index is 1.43. The minimum atomic E-state index is -1.24. The molecule has 5 N–H and O–H groups in total. The standard InChI is InChI=1S/C29H33N7O5/c1-29(16-37,17-38)28(40)35-13-3-4-19(15-35)24-22-10-12-32-26(30)25(22)36(34-24)20-7-5-18(6-8-20)27(39)33-23-14-21(41-2)9-11-31-23/h5-12,14,19,37-38H,3-4,13,15-17H2,1-2H3,(H2,30,32)(H,31,33,39). The van der Waals surface area contributed by atoms with Gasteiger partial charge in [-0.15, -0.1) is 0 Å². The number of rotatable bonds is 8. The number of methoxy groups -OCH3 is 1. The molecule has 1 aromatic carbocycles. The highest BCUT2D eigenvalue weighted by atomic mass is 16.5. The molecule has 214 valence electrons. The second-order valence-corrected chi connectivity index (χ2v) is 10.4. The van der Waals surface area contributed by atoms with Gasteiger partial charge in [-0.1, -0.05) is 0 Å². The number of hydrogen-bond acceptors (Lipinski definition) is 9. The van der Waals surface area contributed by atoms with Crippen molar-refractivity contribution in [2.45, 2.75) is 25.7 Å². The summed E-state index contributed by atoms with van der Waals surface area (Å²) in [5.74, 6) is 0.575. The van der Waals surface area contributed by atoms with Gasteiger partial charge in [0.15, 0.2) is 0 Å². The van der Waals surface area contributed by atoms with Crippen LogP contribution in [0.2, 0.25) is 0 Å². The normalized spacial score (nSPS) is 15.6. The number of pyridine rings is 2. The number of carbonyl (C=O) groups is 2. The monoisotopic (exact) mass is 559 g/mol. The number of nitrogens with one attached hydrogen (secondary N) is 1. The topological polar surface area (TPSA) is 169 Å². The Kier molecular flexibility index (Phi) is 7.86. The zero-order valence-electron chi connectivity index (χ0n) is 22.9. The van der Waals surface area contributed by atoms with Gasteiger partial charge in [0, 0.05) is 48.4 Å². The van der Waals surface area contributed by atoms with Crippen LogP contribution in [0.25, 0.3) is 16.6 Å². The van der Waals surface area contributed by atoms with Crippen molar-refractivity contribution < 1.29 is 24.5 Å². The van der Waals surface area contributed by atoms with Gasteiger partial charge in [0.2, 0.25) is 5.91 Å². The van der Waals surface area contributed by atoms with Gasteiger partial charge in [0.1, 0.15) is 22.9 Å². The third-order valence-corrected chi connectivity index (χ3v) is 7.54. The third-order valence-electron chi connectivity index (χ3n) is 7.54. The molecule has 0 bridgehead atoms. The lowest BCUT2D eigenvalue weighted by Gasteiger charge is -2.37. The van der Waals surface area contributed by atoms with E-state index >= 15 is 0 Å². The van der Waals surface area contributed by atoms with Crippen molar-refractivity contribution in [1.29, 1.82) is 0 Å². The number of nitrogens with two attached hydrogens (primary N) is 1. The summed E-state index contributed by atoms with van der Waals surface area (Å²) in [7, 11) is 1.54. The Morgan fingerprint density at radius 2 is 1.85 bits per heavy atom. The molecule has 5 rings (SSSR count). The number of likely N-dealkylation sites (tertiary alicyclic amines) is 1. The van der Waals surface area contributed by atoms with Gasteiger partial charge in [-0.25, -0.2) is 14.6 Å². The van der Waals surface area contributed by atoms with E-state index in [1.54, 1.807) is 72.4 Å². The van der Waals surface area contributed by atoms with Gasteiger partial charge in [-0.2, -0.15) is 5.10 Å². The predicted octanol–water partition coefficient (Wildman–Crippen LogP) is 2.36. The first-order chi connectivity index (χ1) is 19.8. The van der Waals surface area contributed by atoms with E-state index in [1.807, 2.05) is 6.07 Å². The van der Waals surface area contributed by atoms with Gasteiger partial charge in [0.25, 0.3) is 5.91 Å². The van der Waals surface area contributed by atoms with Crippen molar-refractivity contribution in [2.75, 3.05) is 44.5 Å². The van der Waals surface area contributed by atoms with E-state index in [2.05, 4.69) is 15.3 Å². The molecule has 1 aliphatic rings. The fourth-order valence-corrected chi connectivity index (χ4v) is 5.10. The van der Waals surface area contributed by atoms with E-state index in [0.717, 1.165) is 23.9 Å². The minimum Gasteiger partial charge on any atom is -0.497 e. The Labute approximate surface area is 236 Å². The maximum Gasteiger partial charge on any atom is 0.256 e. The molecular formula is C29H33N7O5. The van der Waals surface area contributed by atoms with Crippen LogP contribution < -0.4 is 15.8 Å². The first-order valence-corrected chi connectivity index (χ1v) is 13.3. The molecule has 1 unspecified atom stereocenters. The molecule has 12 nitrogen and oxygen atoms in total. The highest BCUT2D eigenvalue weighted by Gasteiger charge is 2.38. The van der Waals surface area contributed by atoms with Gasteiger partial charge < -0.3 is 30.9 Å². The number of amides is 2. The zero-order chi connectivity index (χ0) is 29.1. The number of carbonyl (C=O) groups excluding carboxylic acids is 2. The summed E-state index contributed by atoms with van der Waals surface area (Å²) in [4.78, 5) is 36.1. The van der Waals surface area contributed by atoms with E-state index in [0.29, 0.717) is 47.2 Å². The number of piperidine rings is 1. The number of fused-ring (bicyclic) bond motifs is 1. The maximum atomic E-state index is 13.1. The molecule has 0 spiro atoms. The average molecular weight is 560 g/mol. The van der Waals surface area contributed by atoms with Gasteiger partial charge in [-0.3, -0.25) is 9.59 Å². The molecule has 1 fully saturated rings. The molecule has 1 aliphatic heterocycles. The van der Waals surface area contributed by atoms with E-state index in [-0.39, 0.29) is 17.7 Å². The zero-order valence-corrected chi connectivity index (χ0v) is 22.9. The molecule has 1 saturated heterocycles. The van der Waals surface area contributed by atoms with Crippen LogP contribution in [0.15, 0.2) is 54.9 Å². The number of ether oxygens (including phenoxy) is 1.